The Hall–Kier alpha value is -2.34. The molecule has 1 saturated heterocycles. The summed E-state index contributed by atoms with van der Waals surface area (Å²) in [5, 5.41) is 7.52. The molecule has 1 N–H and O–H groups in total. The first-order valence-corrected chi connectivity index (χ1v) is 10.4. The molecule has 2 heterocycles. The highest BCUT2D eigenvalue weighted by Gasteiger charge is 2.29. The number of likely N-dealkylation sites (tertiary alicyclic amines) is 1. The first-order valence-electron chi connectivity index (χ1n) is 10.4. The second-order valence-electron chi connectivity index (χ2n) is 8.14. The van der Waals surface area contributed by atoms with Crippen LogP contribution in [0.1, 0.15) is 55.4 Å². The van der Waals surface area contributed by atoms with E-state index in [4.69, 9.17) is 4.74 Å². The monoisotopic (exact) mass is 382 g/mol. The molecule has 2 aliphatic rings. The number of nitrogens with one attached hydrogen (secondary N) is 1. The second kappa shape index (κ2) is 8.35. The van der Waals surface area contributed by atoms with Crippen LogP contribution in [-0.4, -0.2) is 46.8 Å². The zero-order valence-corrected chi connectivity index (χ0v) is 16.8. The SMILES string of the molecule is COc1ccc(C(=O)Nc2ccnn2C2CCN(C(C)CC3CC3)CC2)cc1. The Labute approximate surface area is 166 Å². The standard InChI is InChI=1S/C22H30N4O2/c1-16(15-17-3-4-17)25-13-10-19(11-14-25)26-21(9-12-23-26)24-22(27)18-5-7-20(28-2)8-6-18/h5-9,12,16-17,19H,3-4,10-11,13-15H2,1-2H3,(H,24,27). The van der Waals surface area contributed by atoms with E-state index in [2.05, 4.69) is 22.2 Å². The fourth-order valence-electron chi connectivity index (χ4n) is 4.19. The largest absolute Gasteiger partial charge is 0.497 e. The Morgan fingerprint density at radius 2 is 1.89 bits per heavy atom. The van der Waals surface area contributed by atoms with Crippen molar-refractivity contribution in [2.45, 2.75) is 51.1 Å². The van der Waals surface area contributed by atoms with Crippen LogP contribution in [0.25, 0.3) is 0 Å². The Kier molecular flexibility index (Phi) is 5.67. The van der Waals surface area contributed by atoms with E-state index in [-0.39, 0.29) is 5.91 Å². The van der Waals surface area contributed by atoms with Crippen molar-refractivity contribution in [3.8, 4) is 5.75 Å². The number of aromatic nitrogens is 2. The maximum atomic E-state index is 12.6. The number of carbonyl (C=O) groups is 1. The molecule has 2 aromatic rings. The maximum absolute atomic E-state index is 12.6. The molecule has 2 fully saturated rings. The van der Waals surface area contributed by atoms with Gasteiger partial charge >= 0.3 is 0 Å². The third kappa shape index (κ3) is 4.38. The highest BCUT2D eigenvalue weighted by Crippen LogP contribution is 2.35. The van der Waals surface area contributed by atoms with Crippen molar-refractivity contribution in [2.75, 3.05) is 25.5 Å². The summed E-state index contributed by atoms with van der Waals surface area (Å²) in [6, 6.07) is 10.0. The quantitative estimate of drug-likeness (QED) is 0.787. The van der Waals surface area contributed by atoms with Crippen molar-refractivity contribution in [1.82, 2.24) is 14.7 Å². The normalized spacial score (nSPS) is 19.4. The molecule has 6 heteroatoms. The van der Waals surface area contributed by atoms with Crippen molar-refractivity contribution in [3.63, 3.8) is 0 Å². The summed E-state index contributed by atoms with van der Waals surface area (Å²) in [5.74, 6) is 2.35. The molecular formula is C22H30N4O2. The number of hydrogen-bond acceptors (Lipinski definition) is 4. The predicted octanol–water partition coefficient (Wildman–Crippen LogP) is 3.97. The van der Waals surface area contributed by atoms with E-state index in [1.807, 2.05) is 10.7 Å². The lowest BCUT2D eigenvalue weighted by molar-refractivity contribution is 0.102. The van der Waals surface area contributed by atoms with E-state index in [1.165, 1.54) is 19.3 Å². The number of anilines is 1. The first kappa shape index (κ1) is 19.0. The molecule has 0 bridgehead atoms. The van der Waals surface area contributed by atoms with Gasteiger partial charge in [-0.1, -0.05) is 12.8 Å². The molecule has 1 amide bonds. The highest BCUT2D eigenvalue weighted by molar-refractivity contribution is 6.03. The number of piperidine rings is 1. The van der Waals surface area contributed by atoms with Gasteiger partial charge in [-0.15, -0.1) is 0 Å². The van der Waals surface area contributed by atoms with Crippen LogP contribution in [0.3, 0.4) is 0 Å². The van der Waals surface area contributed by atoms with E-state index in [9.17, 15) is 4.79 Å². The smallest absolute Gasteiger partial charge is 0.256 e. The van der Waals surface area contributed by atoms with Crippen molar-refractivity contribution < 1.29 is 9.53 Å². The maximum Gasteiger partial charge on any atom is 0.256 e. The Balaban J connectivity index is 1.35. The third-order valence-corrected chi connectivity index (χ3v) is 6.10. The topological polar surface area (TPSA) is 59.4 Å². The summed E-state index contributed by atoms with van der Waals surface area (Å²) in [7, 11) is 1.62. The van der Waals surface area contributed by atoms with Gasteiger partial charge in [-0.25, -0.2) is 4.68 Å². The summed E-state index contributed by atoms with van der Waals surface area (Å²) in [4.78, 5) is 15.2. The number of carbonyl (C=O) groups excluding carboxylic acids is 1. The molecule has 1 saturated carbocycles. The lowest BCUT2D eigenvalue weighted by Gasteiger charge is -2.36. The van der Waals surface area contributed by atoms with Crippen LogP contribution < -0.4 is 10.1 Å². The molecule has 1 aliphatic carbocycles. The first-order chi connectivity index (χ1) is 13.6. The minimum Gasteiger partial charge on any atom is -0.497 e. The van der Waals surface area contributed by atoms with Crippen molar-refractivity contribution in [2.24, 2.45) is 5.92 Å². The van der Waals surface area contributed by atoms with Crippen LogP contribution in [0.4, 0.5) is 5.82 Å². The lowest BCUT2D eigenvalue weighted by atomic mass is 10.0. The van der Waals surface area contributed by atoms with Gasteiger partial charge in [0.15, 0.2) is 0 Å². The summed E-state index contributed by atoms with van der Waals surface area (Å²) in [6.45, 7) is 4.57. The minimum atomic E-state index is -0.125. The van der Waals surface area contributed by atoms with Crippen molar-refractivity contribution in [3.05, 3.63) is 42.1 Å². The van der Waals surface area contributed by atoms with Crippen LogP contribution in [0, 0.1) is 5.92 Å². The van der Waals surface area contributed by atoms with Gasteiger partial charge in [0.2, 0.25) is 0 Å². The number of methoxy groups -OCH3 is 1. The number of nitrogens with zero attached hydrogens (tertiary/aromatic N) is 3. The van der Waals surface area contributed by atoms with Crippen molar-refractivity contribution >= 4 is 11.7 Å². The minimum absolute atomic E-state index is 0.125. The molecule has 0 spiro atoms. The Morgan fingerprint density at radius 1 is 1.18 bits per heavy atom. The zero-order valence-electron chi connectivity index (χ0n) is 16.8. The van der Waals surface area contributed by atoms with E-state index in [0.717, 1.165) is 43.4 Å². The van der Waals surface area contributed by atoms with Gasteiger partial charge in [0.1, 0.15) is 11.6 Å². The molecule has 1 aromatic carbocycles. The summed E-state index contributed by atoms with van der Waals surface area (Å²) < 4.78 is 7.14. The second-order valence-corrected chi connectivity index (χ2v) is 8.14. The fraction of sp³-hybridized carbons (Fsp3) is 0.545. The lowest BCUT2D eigenvalue weighted by Crippen LogP contribution is -2.41. The van der Waals surface area contributed by atoms with Gasteiger partial charge in [-0.3, -0.25) is 4.79 Å². The van der Waals surface area contributed by atoms with Crippen molar-refractivity contribution in [1.29, 1.82) is 0 Å². The molecule has 1 aliphatic heterocycles. The number of ether oxygens (including phenoxy) is 1. The number of benzene rings is 1. The van der Waals surface area contributed by atoms with Crippen LogP contribution in [0.5, 0.6) is 5.75 Å². The molecule has 4 rings (SSSR count). The molecule has 1 aromatic heterocycles. The average molecular weight is 383 g/mol. The average Bonchev–Trinajstić information content (AvgIpc) is 3.43. The number of amides is 1. The van der Waals surface area contributed by atoms with Crippen LogP contribution in [0.2, 0.25) is 0 Å². The summed E-state index contributed by atoms with van der Waals surface area (Å²) in [5.41, 5.74) is 0.609. The highest BCUT2D eigenvalue weighted by atomic mass is 16.5. The van der Waals surface area contributed by atoms with Crippen LogP contribution >= 0.6 is 0 Å². The Morgan fingerprint density at radius 3 is 2.54 bits per heavy atom. The van der Waals surface area contributed by atoms with E-state index < -0.39 is 0 Å². The van der Waals surface area contributed by atoms with E-state index in [1.54, 1.807) is 37.6 Å². The van der Waals surface area contributed by atoms with E-state index in [0.29, 0.717) is 17.6 Å². The summed E-state index contributed by atoms with van der Waals surface area (Å²) >= 11 is 0. The van der Waals surface area contributed by atoms with Gasteiger partial charge in [-0.2, -0.15) is 5.10 Å². The van der Waals surface area contributed by atoms with Gasteiger partial charge in [-0.05, 0) is 56.4 Å². The molecule has 0 radical (unpaired) electrons. The molecular weight excluding hydrogens is 352 g/mol. The summed E-state index contributed by atoms with van der Waals surface area (Å²) in [6.07, 6.45) is 8.10. The molecule has 6 nitrogen and oxygen atoms in total. The fourth-order valence-corrected chi connectivity index (χ4v) is 4.19. The number of rotatable bonds is 7. The number of hydrogen-bond donors (Lipinski definition) is 1. The molecule has 150 valence electrons. The molecule has 28 heavy (non-hydrogen) atoms. The molecule has 1 unspecified atom stereocenters. The van der Waals surface area contributed by atoms with Gasteiger partial charge in [0, 0.05) is 30.8 Å². The van der Waals surface area contributed by atoms with Gasteiger partial charge < -0.3 is 15.0 Å². The third-order valence-electron chi connectivity index (χ3n) is 6.10. The zero-order chi connectivity index (χ0) is 19.5. The van der Waals surface area contributed by atoms with Gasteiger partial charge in [0.25, 0.3) is 5.91 Å². The van der Waals surface area contributed by atoms with Crippen LogP contribution in [0.15, 0.2) is 36.5 Å². The van der Waals surface area contributed by atoms with Gasteiger partial charge in [0.05, 0.1) is 19.3 Å². The predicted molar refractivity (Wildman–Crippen MR) is 110 cm³/mol. The Bertz CT molecular complexity index is 789. The molecule has 1 atom stereocenters. The van der Waals surface area contributed by atoms with Crippen LogP contribution in [-0.2, 0) is 0 Å². The van der Waals surface area contributed by atoms with E-state index >= 15 is 0 Å².